The van der Waals surface area contributed by atoms with Gasteiger partial charge < -0.3 is 15.5 Å². The van der Waals surface area contributed by atoms with Crippen LogP contribution < -0.4 is 10.6 Å². The van der Waals surface area contributed by atoms with Crippen LogP contribution in [0.5, 0.6) is 0 Å². The van der Waals surface area contributed by atoms with Crippen molar-refractivity contribution in [3.8, 4) is 0 Å². The van der Waals surface area contributed by atoms with Crippen molar-refractivity contribution in [2.75, 3.05) is 20.1 Å². The second-order valence-electron chi connectivity index (χ2n) is 6.73. The van der Waals surface area contributed by atoms with Crippen LogP contribution in [0.4, 0.5) is 13.2 Å². The van der Waals surface area contributed by atoms with Gasteiger partial charge in [0.15, 0.2) is 5.96 Å². The summed E-state index contributed by atoms with van der Waals surface area (Å²) in [6, 6.07) is 5.45. The third-order valence-electron chi connectivity index (χ3n) is 4.69. The zero-order valence-electron chi connectivity index (χ0n) is 15.8. The molecule has 1 heterocycles. The third-order valence-corrected chi connectivity index (χ3v) is 4.69. The summed E-state index contributed by atoms with van der Waals surface area (Å²) in [6.07, 6.45) is -0.755. The highest BCUT2D eigenvalue weighted by Gasteiger charge is 2.30. The van der Waals surface area contributed by atoms with E-state index < -0.39 is 11.7 Å². The molecule has 8 heteroatoms. The number of rotatable bonds is 5. The van der Waals surface area contributed by atoms with Gasteiger partial charge in [0.25, 0.3) is 0 Å². The number of benzene rings is 1. The Kier molecular flexibility index (Phi) is 7.50. The lowest BCUT2D eigenvalue weighted by atomic mass is 10.0. The number of nitrogens with zero attached hydrogens (tertiary/aromatic N) is 2. The molecule has 0 spiro atoms. The number of hydrogen-bond acceptors (Lipinski definition) is 2. The van der Waals surface area contributed by atoms with Crippen LogP contribution in [-0.2, 0) is 17.5 Å². The lowest BCUT2D eigenvalue weighted by Gasteiger charge is -2.33. The zero-order chi connectivity index (χ0) is 19.9. The summed E-state index contributed by atoms with van der Waals surface area (Å²) < 4.78 is 38.3. The molecule has 0 bridgehead atoms. The molecule has 1 amide bonds. The number of piperidine rings is 1. The summed E-state index contributed by atoms with van der Waals surface area (Å²) >= 11 is 0. The Hall–Kier alpha value is -2.25. The van der Waals surface area contributed by atoms with Crippen LogP contribution in [0, 0.1) is 0 Å². The molecule has 2 N–H and O–H groups in total. The van der Waals surface area contributed by atoms with E-state index >= 15 is 0 Å². The highest BCUT2D eigenvalue weighted by Crippen LogP contribution is 2.29. The first kappa shape index (κ1) is 21.1. The minimum Gasteiger partial charge on any atom is -0.356 e. The van der Waals surface area contributed by atoms with Crippen molar-refractivity contribution < 1.29 is 18.0 Å². The highest BCUT2D eigenvalue weighted by atomic mass is 19.4. The Balaban J connectivity index is 1.78. The normalized spacial score (nSPS) is 18.3. The maximum absolute atomic E-state index is 12.8. The number of guanidine groups is 1. The fourth-order valence-corrected chi connectivity index (χ4v) is 3.16. The number of alkyl halides is 3. The SMILES string of the molecule is CN=C(NCCC(=O)N1CCCCC1C)NCc1cccc(C(F)(F)F)c1. The first-order valence-electron chi connectivity index (χ1n) is 9.21. The van der Waals surface area contributed by atoms with E-state index in [0.717, 1.165) is 37.9 Å². The molecule has 2 rings (SSSR count). The second kappa shape index (κ2) is 9.62. The van der Waals surface area contributed by atoms with E-state index in [0.29, 0.717) is 24.5 Å². The van der Waals surface area contributed by atoms with Crippen LogP contribution >= 0.6 is 0 Å². The zero-order valence-corrected chi connectivity index (χ0v) is 15.8. The van der Waals surface area contributed by atoms with Crippen molar-refractivity contribution in [1.29, 1.82) is 0 Å². The number of likely N-dealkylation sites (tertiary alicyclic amines) is 1. The van der Waals surface area contributed by atoms with Crippen molar-refractivity contribution in [3.05, 3.63) is 35.4 Å². The Morgan fingerprint density at radius 1 is 1.30 bits per heavy atom. The molecule has 1 fully saturated rings. The van der Waals surface area contributed by atoms with Crippen molar-refractivity contribution in [1.82, 2.24) is 15.5 Å². The van der Waals surface area contributed by atoms with Gasteiger partial charge in [0.05, 0.1) is 5.56 Å². The molecule has 0 saturated carbocycles. The van der Waals surface area contributed by atoms with E-state index in [-0.39, 0.29) is 18.5 Å². The molecular weight excluding hydrogens is 357 g/mol. The molecule has 1 unspecified atom stereocenters. The van der Waals surface area contributed by atoms with Gasteiger partial charge in [-0.25, -0.2) is 0 Å². The fraction of sp³-hybridized carbons (Fsp3) is 0.579. The van der Waals surface area contributed by atoms with Gasteiger partial charge in [0, 0.05) is 39.1 Å². The largest absolute Gasteiger partial charge is 0.416 e. The van der Waals surface area contributed by atoms with Gasteiger partial charge in [-0.05, 0) is 43.9 Å². The highest BCUT2D eigenvalue weighted by molar-refractivity contribution is 5.81. The van der Waals surface area contributed by atoms with E-state index in [1.54, 1.807) is 13.1 Å². The first-order chi connectivity index (χ1) is 12.8. The van der Waals surface area contributed by atoms with Crippen LogP contribution in [0.3, 0.4) is 0 Å². The Bertz CT molecular complexity index is 661. The second-order valence-corrected chi connectivity index (χ2v) is 6.73. The summed E-state index contributed by atoms with van der Waals surface area (Å²) in [5.41, 5.74) is -0.169. The molecule has 1 aromatic carbocycles. The van der Waals surface area contributed by atoms with E-state index in [1.165, 1.54) is 6.07 Å². The summed E-state index contributed by atoms with van der Waals surface area (Å²) in [5.74, 6) is 0.565. The first-order valence-corrected chi connectivity index (χ1v) is 9.21. The quantitative estimate of drug-likeness (QED) is 0.606. The molecular formula is C19H27F3N4O. The monoisotopic (exact) mass is 384 g/mol. The predicted octanol–water partition coefficient (Wildman–Crippen LogP) is 3.16. The van der Waals surface area contributed by atoms with Crippen LogP contribution in [0.2, 0.25) is 0 Å². The van der Waals surface area contributed by atoms with Gasteiger partial charge in [-0.1, -0.05) is 12.1 Å². The Morgan fingerprint density at radius 2 is 2.07 bits per heavy atom. The fourth-order valence-electron chi connectivity index (χ4n) is 3.16. The van der Waals surface area contributed by atoms with Crippen molar-refractivity contribution in [2.24, 2.45) is 4.99 Å². The smallest absolute Gasteiger partial charge is 0.356 e. The molecule has 1 aliphatic rings. The number of hydrogen-bond donors (Lipinski definition) is 2. The van der Waals surface area contributed by atoms with Gasteiger partial charge in [0.1, 0.15) is 0 Å². The van der Waals surface area contributed by atoms with Crippen molar-refractivity contribution >= 4 is 11.9 Å². The molecule has 0 aromatic heterocycles. The molecule has 1 atom stereocenters. The maximum atomic E-state index is 12.8. The van der Waals surface area contributed by atoms with Crippen LogP contribution in [0.15, 0.2) is 29.3 Å². The number of carbonyl (C=O) groups is 1. The Labute approximate surface area is 158 Å². The standard InChI is InChI=1S/C19H27F3N4O/c1-14-6-3-4-11-26(14)17(27)9-10-24-18(23-2)25-13-15-7-5-8-16(12-15)19(20,21)22/h5,7-8,12,14H,3-4,6,9-11,13H2,1-2H3,(H2,23,24,25). The van der Waals surface area contributed by atoms with Crippen molar-refractivity contribution in [3.63, 3.8) is 0 Å². The van der Waals surface area contributed by atoms with E-state index in [4.69, 9.17) is 0 Å². The minimum absolute atomic E-state index is 0.114. The average molecular weight is 384 g/mol. The van der Waals surface area contributed by atoms with Gasteiger partial charge in [-0.15, -0.1) is 0 Å². The third kappa shape index (κ3) is 6.45. The lowest BCUT2D eigenvalue weighted by molar-refractivity contribution is -0.137. The van der Waals surface area contributed by atoms with E-state index in [9.17, 15) is 18.0 Å². The summed E-state index contributed by atoms with van der Waals surface area (Å²) in [5, 5.41) is 6.01. The molecule has 0 radical (unpaired) electrons. The molecule has 1 saturated heterocycles. The van der Waals surface area contributed by atoms with E-state index in [2.05, 4.69) is 22.5 Å². The topological polar surface area (TPSA) is 56.7 Å². The molecule has 1 aromatic rings. The maximum Gasteiger partial charge on any atom is 0.416 e. The molecule has 1 aliphatic heterocycles. The van der Waals surface area contributed by atoms with Gasteiger partial charge in [0.2, 0.25) is 5.91 Å². The van der Waals surface area contributed by atoms with Gasteiger partial charge in [-0.2, -0.15) is 13.2 Å². The number of halogens is 3. The molecule has 27 heavy (non-hydrogen) atoms. The number of amides is 1. The number of nitrogens with one attached hydrogen (secondary N) is 2. The van der Waals surface area contributed by atoms with Crippen LogP contribution in [0.1, 0.15) is 43.7 Å². The van der Waals surface area contributed by atoms with E-state index in [1.807, 2.05) is 4.90 Å². The minimum atomic E-state index is -4.36. The summed E-state index contributed by atoms with van der Waals surface area (Å²) in [4.78, 5) is 18.3. The summed E-state index contributed by atoms with van der Waals surface area (Å²) in [6.45, 7) is 3.51. The number of carbonyl (C=O) groups excluding carboxylic acids is 1. The average Bonchev–Trinajstić information content (AvgIpc) is 2.64. The van der Waals surface area contributed by atoms with Gasteiger partial charge in [-0.3, -0.25) is 9.79 Å². The molecule has 0 aliphatic carbocycles. The lowest BCUT2D eigenvalue weighted by Crippen LogP contribution is -2.44. The van der Waals surface area contributed by atoms with Crippen molar-refractivity contribution in [2.45, 2.75) is 51.4 Å². The van der Waals surface area contributed by atoms with Crippen LogP contribution in [0.25, 0.3) is 0 Å². The molecule has 150 valence electrons. The van der Waals surface area contributed by atoms with Gasteiger partial charge >= 0.3 is 6.18 Å². The Morgan fingerprint density at radius 3 is 2.74 bits per heavy atom. The predicted molar refractivity (Wildman–Crippen MR) is 99.3 cm³/mol. The van der Waals surface area contributed by atoms with Crippen LogP contribution in [-0.4, -0.2) is 42.9 Å². The molecule has 5 nitrogen and oxygen atoms in total. The summed E-state index contributed by atoms with van der Waals surface area (Å²) in [7, 11) is 1.58. The number of aliphatic imine (C=N–C) groups is 1.